The molecule has 1 saturated carbocycles. The zero-order valence-electron chi connectivity index (χ0n) is 6.89. The highest BCUT2D eigenvalue weighted by molar-refractivity contribution is 5.83. The van der Waals surface area contributed by atoms with Crippen molar-refractivity contribution < 1.29 is 4.79 Å². The van der Waals surface area contributed by atoms with Gasteiger partial charge in [-0.3, -0.25) is 4.79 Å². The molecular weight excluding hydrogens is 124 g/mol. The predicted molar refractivity (Wildman–Crippen MR) is 41.8 cm³/mol. The average Bonchev–Trinajstić information content (AvgIpc) is 2.20. The Balaban J connectivity index is 2.46. The molecule has 0 aromatic rings. The van der Waals surface area contributed by atoms with Crippen molar-refractivity contribution >= 4 is 5.78 Å². The van der Waals surface area contributed by atoms with E-state index in [0.29, 0.717) is 17.6 Å². The average molecular weight is 140 g/mol. The maximum absolute atomic E-state index is 11.2. The fraction of sp³-hybridized carbons (Fsp3) is 0.889. The highest BCUT2D eigenvalue weighted by atomic mass is 16.1. The molecule has 0 radical (unpaired) electrons. The van der Waals surface area contributed by atoms with Crippen LogP contribution in [0.3, 0.4) is 0 Å². The van der Waals surface area contributed by atoms with Gasteiger partial charge in [-0.1, -0.05) is 20.3 Å². The molecule has 0 saturated heterocycles. The molecule has 0 spiro atoms. The first kappa shape index (κ1) is 7.77. The second-order valence-corrected chi connectivity index (χ2v) is 3.38. The Labute approximate surface area is 62.8 Å². The minimum Gasteiger partial charge on any atom is -0.299 e. The van der Waals surface area contributed by atoms with Gasteiger partial charge in [0.25, 0.3) is 0 Å². The fourth-order valence-corrected chi connectivity index (χ4v) is 1.83. The van der Waals surface area contributed by atoms with E-state index in [1.54, 1.807) is 0 Å². The van der Waals surface area contributed by atoms with E-state index in [1.807, 2.05) is 0 Å². The van der Waals surface area contributed by atoms with Crippen LogP contribution in [0.1, 0.15) is 39.5 Å². The topological polar surface area (TPSA) is 17.1 Å². The maximum atomic E-state index is 11.2. The van der Waals surface area contributed by atoms with Crippen molar-refractivity contribution in [1.82, 2.24) is 0 Å². The molecular formula is C9H16O. The second-order valence-electron chi connectivity index (χ2n) is 3.38. The first-order chi connectivity index (χ1) is 4.75. The van der Waals surface area contributed by atoms with Gasteiger partial charge >= 0.3 is 0 Å². The molecule has 2 atom stereocenters. The summed E-state index contributed by atoms with van der Waals surface area (Å²) in [5.41, 5.74) is 0. The third kappa shape index (κ3) is 1.39. The van der Waals surface area contributed by atoms with E-state index in [9.17, 15) is 4.79 Å². The van der Waals surface area contributed by atoms with Gasteiger partial charge in [0.1, 0.15) is 5.78 Å². The van der Waals surface area contributed by atoms with Crippen molar-refractivity contribution in [3.8, 4) is 0 Å². The third-order valence-electron chi connectivity index (χ3n) is 2.55. The summed E-state index contributed by atoms with van der Waals surface area (Å²) in [5, 5.41) is 0. The number of carbonyl (C=O) groups is 1. The van der Waals surface area contributed by atoms with Crippen molar-refractivity contribution in [1.29, 1.82) is 0 Å². The van der Waals surface area contributed by atoms with Crippen molar-refractivity contribution in [2.24, 2.45) is 11.8 Å². The van der Waals surface area contributed by atoms with Crippen LogP contribution in [0.15, 0.2) is 0 Å². The van der Waals surface area contributed by atoms with Crippen molar-refractivity contribution in [2.75, 3.05) is 0 Å². The Morgan fingerprint density at radius 1 is 1.60 bits per heavy atom. The van der Waals surface area contributed by atoms with Crippen LogP contribution >= 0.6 is 0 Å². The molecule has 1 fully saturated rings. The molecule has 1 nitrogen and oxygen atoms in total. The van der Waals surface area contributed by atoms with Gasteiger partial charge in [-0.2, -0.15) is 0 Å². The largest absolute Gasteiger partial charge is 0.299 e. The first-order valence-corrected chi connectivity index (χ1v) is 4.28. The smallest absolute Gasteiger partial charge is 0.136 e. The van der Waals surface area contributed by atoms with Crippen LogP contribution in [-0.2, 0) is 4.79 Å². The quantitative estimate of drug-likeness (QED) is 0.575. The monoisotopic (exact) mass is 140 g/mol. The van der Waals surface area contributed by atoms with E-state index in [-0.39, 0.29) is 0 Å². The molecule has 0 bridgehead atoms. The molecule has 0 N–H and O–H groups in total. The van der Waals surface area contributed by atoms with Gasteiger partial charge in [0.15, 0.2) is 0 Å². The zero-order chi connectivity index (χ0) is 7.56. The molecule has 2 unspecified atom stereocenters. The lowest BCUT2D eigenvalue weighted by Crippen LogP contribution is -2.11. The summed E-state index contributed by atoms with van der Waals surface area (Å²) in [7, 11) is 0. The molecule has 0 amide bonds. The Morgan fingerprint density at radius 3 is 2.70 bits per heavy atom. The maximum Gasteiger partial charge on any atom is 0.136 e. The van der Waals surface area contributed by atoms with E-state index < -0.39 is 0 Å². The minimum atomic E-state index is 0.407. The Hall–Kier alpha value is -0.330. The number of hydrogen-bond donors (Lipinski definition) is 0. The van der Waals surface area contributed by atoms with Gasteiger partial charge in [0, 0.05) is 12.3 Å². The zero-order valence-corrected chi connectivity index (χ0v) is 6.89. The summed E-state index contributed by atoms with van der Waals surface area (Å²) in [6.07, 6.45) is 4.23. The number of carbonyl (C=O) groups excluding carboxylic acids is 1. The van der Waals surface area contributed by atoms with Gasteiger partial charge in [-0.25, -0.2) is 0 Å². The van der Waals surface area contributed by atoms with E-state index in [1.165, 1.54) is 0 Å². The van der Waals surface area contributed by atoms with Crippen LogP contribution in [0.4, 0.5) is 0 Å². The number of Topliss-reactive ketones (excluding diaryl/α,β-unsaturated/α-hetero) is 1. The molecule has 0 aromatic carbocycles. The van der Waals surface area contributed by atoms with Crippen LogP contribution in [0.2, 0.25) is 0 Å². The van der Waals surface area contributed by atoms with Gasteiger partial charge in [0.2, 0.25) is 0 Å². The SMILES string of the molecule is CCCC1C(=O)CCC1C. The van der Waals surface area contributed by atoms with Crippen LogP contribution < -0.4 is 0 Å². The van der Waals surface area contributed by atoms with Crippen molar-refractivity contribution in [2.45, 2.75) is 39.5 Å². The van der Waals surface area contributed by atoms with Crippen LogP contribution in [-0.4, -0.2) is 5.78 Å². The summed E-state index contributed by atoms with van der Waals surface area (Å²) < 4.78 is 0. The summed E-state index contributed by atoms with van der Waals surface area (Å²) in [6, 6.07) is 0. The molecule has 10 heavy (non-hydrogen) atoms. The normalized spacial score (nSPS) is 33.2. The molecule has 1 aliphatic rings. The summed E-state index contributed by atoms with van der Waals surface area (Å²) >= 11 is 0. The van der Waals surface area contributed by atoms with Gasteiger partial charge in [-0.05, 0) is 18.8 Å². The highest BCUT2D eigenvalue weighted by Crippen LogP contribution is 2.31. The lowest BCUT2D eigenvalue weighted by molar-refractivity contribution is -0.121. The number of rotatable bonds is 2. The van der Waals surface area contributed by atoms with E-state index in [4.69, 9.17) is 0 Å². The van der Waals surface area contributed by atoms with Crippen LogP contribution in [0.5, 0.6) is 0 Å². The molecule has 0 heterocycles. The van der Waals surface area contributed by atoms with Gasteiger partial charge < -0.3 is 0 Å². The predicted octanol–water partition coefficient (Wildman–Crippen LogP) is 2.40. The second kappa shape index (κ2) is 3.18. The first-order valence-electron chi connectivity index (χ1n) is 4.28. The number of ketones is 1. The van der Waals surface area contributed by atoms with Gasteiger partial charge in [-0.15, -0.1) is 0 Å². The molecule has 58 valence electrons. The van der Waals surface area contributed by atoms with E-state index >= 15 is 0 Å². The Bertz CT molecular complexity index is 129. The summed E-state index contributed by atoms with van der Waals surface area (Å²) in [6.45, 7) is 4.35. The fourth-order valence-electron chi connectivity index (χ4n) is 1.83. The summed E-state index contributed by atoms with van der Waals surface area (Å²) in [5.74, 6) is 1.58. The third-order valence-corrected chi connectivity index (χ3v) is 2.55. The molecule has 0 aliphatic heterocycles. The van der Waals surface area contributed by atoms with Crippen LogP contribution in [0, 0.1) is 11.8 Å². The lowest BCUT2D eigenvalue weighted by Gasteiger charge is -2.11. The van der Waals surface area contributed by atoms with E-state index in [0.717, 1.165) is 25.7 Å². The Morgan fingerprint density at radius 2 is 2.30 bits per heavy atom. The highest BCUT2D eigenvalue weighted by Gasteiger charge is 2.29. The standard InChI is InChI=1S/C9H16O/c1-3-4-8-7(2)5-6-9(8)10/h7-8H,3-6H2,1-2H3. The molecule has 1 rings (SSSR count). The minimum absolute atomic E-state index is 0.407. The summed E-state index contributed by atoms with van der Waals surface area (Å²) in [4.78, 5) is 11.2. The number of hydrogen-bond acceptors (Lipinski definition) is 1. The Kier molecular flexibility index (Phi) is 2.47. The molecule has 1 aliphatic carbocycles. The van der Waals surface area contributed by atoms with E-state index in [2.05, 4.69) is 13.8 Å². The van der Waals surface area contributed by atoms with Crippen LogP contribution in [0.25, 0.3) is 0 Å². The van der Waals surface area contributed by atoms with Crippen molar-refractivity contribution in [3.63, 3.8) is 0 Å². The molecule has 1 heteroatoms. The molecule has 0 aromatic heterocycles. The lowest BCUT2D eigenvalue weighted by atomic mass is 9.93. The van der Waals surface area contributed by atoms with Gasteiger partial charge in [0.05, 0.1) is 0 Å². The van der Waals surface area contributed by atoms with Crippen molar-refractivity contribution in [3.05, 3.63) is 0 Å².